The van der Waals surface area contributed by atoms with Crippen LogP contribution in [0.3, 0.4) is 0 Å². The minimum Gasteiger partial charge on any atom is -0.351 e. The van der Waals surface area contributed by atoms with Gasteiger partial charge in [-0.2, -0.15) is 0 Å². The van der Waals surface area contributed by atoms with Crippen LogP contribution in [0.25, 0.3) is 0 Å². The fraction of sp³-hybridized carbons (Fsp3) is 0.312. The lowest BCUT2D eigenvalue weighted by Gasteiger charge is -2.16. The molecule has 0 saturated heterocycles. The second-order valence-electron chi connectivity index (χ2n) is 4.98. The first-order valence-corrected chi connectivity index (χ1v) is 9.61. The Morgan fingerprint density at radius 3 is 2.23 bits per heavy atom. The van der Waals surface area contributed by atoms with Gasteiger partial charge < -0.3 is 9.88 Å². The molecule has 0 saturated carbocycles. The SMILES string of the molecule is CC.Cc1ccc(Nc2cncc(F)c2P(C)(C)=O)c(F)c1. The van der Waals surface area contributed by atoms with Crippen LogP contribution in [0.1, 0.15) is 19.4 Å². The summed E-state index contributed by atoms with van der Waals surface area (Å²) in [5, 5.41) is 2.81. The van der Waals surface area contributed by atoms with E-state index in [-0.39, 0.29) is 16.7 Å². The summed E-state index contributed by atoms with van der Waals surface area (Å²) in [5.74, 6) is -1.11. The van der Waals surface area contributed by atoms with Crippen molar-refractivity contribution in [1.82, 2.24) is 4.98 Å². The van der Waals surface area contributed by atoms with E-state index >= 15 is 0 Å². The maximum absolute atomic E-state index is 13.8. The van der Waals surface area contributed by atoms with Crippen molar-refractivity contribution in [3.8, 4) is 0 Å². The number of hydrogen-bond donors (Lipinski definition) is 1. The zero-order chi connectivity index (χ0) is 16.9. The first-order chi connectivity index (χ1) is 10.3. The van der Waals surface area contributed by atoms with E-state index in [9.17, 15) is 13.3 Å². The van der Waals surface area contributed by atoms with Gasteiger partial charge in [-0.05, 0) is 37.9 Å². The van der Waals surface area contributed by atoms with Crippen LogP contribution in [0.15, 0.2) is 30.6 Å². The standard InChI is InChI=1S/C14H15F2N2OP.C2H6/c1-9-4-5-12(10(15)6-9)18-13-8-17-7-11(16)14(13)20(2,3)19;1-2/h4-8,18H,1-3H3;1-2H3. The average molecular weight is 326 g/mol. The maximum Gasteiger partial charge on any atom is 0.154 e. The van der Waals surface area contributed by atoms with E-state index in [1.807, 2.05) is 13.8 Å². The number of nitrogens with zero attached hydrogens (tertiary/aromatic N) is 1. The zero-order valence-corrected chi connectivity index (χ0v) is 14.3. The third-order valence-corrected chi connectivity index (χ3v) is 4.34. The average Bonchev–Trinajstić information content (AvgIpc) is 2.43. The summed E-state index contributed by atoms with van der Waals surface area (Å²) in [6, 6.07) is 4.65. The molecular formula is C16H21F2N2OP. The van der Waals surface area contributed by atoms with Gasteiger partial charge in [-0.1, -0.05) is 19.9 Å². The Morgan fingerprint density at radius 2 is 1.68 bits per heavy atom. The Labute approximate surface area is 130 Å². The van der Waals surface area contributed by atoms with Gasteiger partial charge in [0, 0.05) is 0 Å². The number of halogens is 2. The summed E-state index contributed by atoms with van der Waals surface area (Å²) >= 11 is 0. The molecule has 0 bridgehead atoms. The van der Waals surface area contributed by atoms with Gasteiger partial charge in [0.1, 0.15) is 13.0 Å². The summed E-state index contributed by atoms with van der Waals surface area (Å²) in [7, 11) is -2.85. The van der Waals surface area contributed by atoms with Crippen molar-refractivity contribution in [2.75, 3.05) is 18.6 Å². The molecule has 1 aromatic heterocycles. The fourth-order valence-electron chi connectivity index (χ4n) is 1.93. The normalized spacial score (nSPS) is 10.7. The molecule has 0 fully saturated rings. The van der Waals surface area contributed by atoms with Crippen LogP contribution >= 0.6 is 7.14 Å². The Bertz CT molecular complexity index is 699. The third kappa shape index (κ3) is 4.38. The molecule has 0 atom stereocenters. The summed E-state index contributed by atoms with van der Waals surface area (Å²) in [4.78, 5) is 3.72. The van der Waals surface area contributed by atoms with Crippen LogP contribution < -0.4 is 10.6 Å². The predicted molar refractivity (Wildman–Crippen MR) is 89.1 cm³/mol. The topological polar surface area (TPSA) is 42.0 Å². The Hall–Kier alpha value is -1.74. The molecular weight excluding hydrogens is 305 g/mol. The summed E-state index contributed by atoms with van der Waals surface area (Å²) in [6.45, 7) is 8.69. The van der Waals surface area contributed by atoms with Crippen LogP contribution in [0.2, 0.25) is 0 Å². The molecule has 0 aliphatic rings. The molecule has 22 heavy (non-hydrogen) atoms. The van der Waals surface area contributed by atoms with Crippen LogP contribution in [0.5, 0.6) is 0 Å². The first kappa shape index (κ1) is 18.3. The van der Waals surface area contributed by atoms with E-state index in [0.29, 0.717) is 0 Å². The molecule has 2 aromatic rings. The highest BCUT2D eigenvalue weighted by Gasteiger charge is 2.22. The number of rotatable bonds is 3. The highest BCUT2D eigenvalue weighted by molar-refractivity contribution is 7.70. The van der Waals surface area contributed by atoms with E-state index in [2.05, 4.69) is 10.3 Å². The molecule has 1 heterocycles. The number of anilines is 2. The number of aromatic nitrogens is 1. The van der Waals surface area contributed by atoms with Gasteiger partial charge in [-0.25, -0.2) is 8.78 Å². The fourth-order valence-corrected chi connectivity index (χ4v) is 3.20. The van der Waals surface area contributed by atoms with Gasteiger partial charge in [-0.3, -0.25) is 4.98 Å². The first-order valence-electron chi connectivity index (χ1n) is 7.01. The lowest BCUT2D eigenvalue weighted by atomic mass is 10.2. The molecule has 6 heteroatoms. The predicted octanol–water partition coefficient (Wildman–Crippen LogP) is 4.69. The second kappa shape index (κ2) is 7.50. The van der Waals surface area contributed by atoms with Crippen LogP contribution in [-0.4, -0.2) is 18.3 Å². The molecule has 1 N–H and O–H groups in total. The van der Waals surface area contributed by atoms with E-state index in [4.69, 9.17) is 0 Å². The molecule has 120 valence electrons. The highest BCUT2D eigenvalue weighted by atomic mass is 31.2. The summed E-state index contributed by atoms with van der Waals surface area (Å²) < 4.78 is 39.8. The van der Waals surface area contributed by atoms with Crippen molar-refractivity contribution >= 4 is 23.8 Å². The van der Waals surface area contributed by atoms with Gasteiger partial charge in [0.15, 0.2) is 5.82 Å². The van der Waals surface area contributed by atoms with E-state index in [1.54, 1.807) is 19.1 Å². The van der Waals surface area contributed by atoms with Crippen LogP contribution in [0, 0.1) is 18.6 Å². The lowest BCUT2D eigenvalue weighted by molar-refractivity contribution is 0.584. The van der Waals surface area contributed by atoms with Crippen molar-refractivity contribution in [3.05, 3.63) is 47.8 Å². The minimum absolute atomic E-state index is 0.0486. The van der Waals surface area contributed by atoms with E-state index < -0.39 is 18.8 Å². The van der Waals surface area contributed by atoms with Crippen molar-refractivity contribution in [2.45, 2.75) is 20.8 Å². The quantitative estimate of drug-likeness (QED) is 0.832. The lowest BCUT2D eigenvalue weighted by Crippen LogP contribution is -2.15. The van der Waals surface area contributed by atoms with Crippen molar-refractivity contribution in [3.63, 3.8) is 0 Å². The Morgan fingerprint density at radius 1 is 1.05 bits per heavy atom. The number of aryl methyl sites for hydroxylation is 1. The summed E-state index contributed by atoms with van der Waals surface area (Å²) in [5.41, 5.74) is 1.20. The molecule has 0 radical (unpaired) electrons. The van der Waals surface area contributed by atoms with Crippen molar-refractivity contribution in [1.29, 1.82) is 0 Å². The molecule has 0 amide bonds. The Balaban J connectivity index is 0.00000116. The third-order valence-electron chi connectivity index (χ3n) is 2.81. The summed E-state index contributed by atoms with van der Waals surface area (Å²) in [6.07, 6.45) is 2.35. The number of nitrogens with one attached hydrogen (secondary N) is 1. The molecule has 2 rings (SSSR count). The van der Waals surface area contributed by atoms with E-state index in [0.717, 1.165) is 11.8 Å². The largest absolute Gasteiger partial charge is 0.351 e. The van der Waals surface area contributed by atoms with Crippen LogP contribution in [-0.2, 0) is 4.57 Å². The molecule has 0 aliphatic heterocycles. The van der Waals surface area contributed by atoms with E-state index in [1.165, 1.54) is 25.6 Å². The molecule has 0 unspecified atom stereocenters. The van der Waals surface area contributed by atoms with Gasteiger partial charge in [0.2, 0.25) is 0 Å². The maximum atomic E-state index is 13.8. The Kier molecular flexibility index (Phi) is 6.24. The van der Waals surface area contributed by atoms with Gasteiger partial charge in [0.25, 0.3) is 0 Å². The second-order valence-corrected chi connectivity index (χ2v) is 8.13. The van der Waals surface area contributed by atoms with Crippen molar-refractivity contribution in [2.24, 2.45) is 0 Å². The molecule has 0 spiro atoms. The molecule has 0 aliphatic carbocycles. The minimum atomic E-state index is -2.85. The van der Waals surface area contributed by atoms with Gasteiger partial charge in [0.05, 0.1) is 29.1 Å². The smallest absolute Gasteiger partial charge is 0.154 e. The van der Waals surface area contributed by atoms with Gasteiger partial charge >= 0.3 is 0 Å². The monoisotopic (exact) mass is 326 g/mol. The van der Waals surface area contributed by atoms with Crippen molar-refractivity contribution < 1.29 is 13.3 Å². The zero-order valence-electron chi connectivity index (χ0n) is 13.4. The number of hydrogen-bond acceptors (Lipinski definition) is 3. The van der Waals surface area contributed by atoms with Crippen LogP contribution in [0.4, 0.5) is 20.2 Å². The molecule has 1 aromatic carbocycles. The number of pyridine rings is 1. The van der Waals surface area contributed by atoms with Gasteiger partial charge in [-0.15, -0.1) is 0 Å². The number of benzene rings is 1. The highest BCUT2D eigenvalue weighted by Crippen LogP contribution is 2.39. The molecule has 3 nitrogen and oxygen atoms in total.